The zero-order chi connectivity index (χ0) is 9.52. The average Bonchev–Trinajstić information content (AvgIpc) is 2.54. The summed E-state index contributed by atoms with van der Waals surface area (Å²) in [7, 11) is 0. The molecule has 0 aliphatic rings. The number of aliphatic hydroxyl groups excluding tert-OH is 1. The van der Waals surface area contributed by atoms with Crippen LogP contribution in [0, 0.1) is 0 Å². The molecule has 1 rings (SSSR count). The topological polar surface area (TPSA) is 38.0 Å². The quantitative estimate of drug-likeness (QED) is 0.679. The molecule has 0 unspecified atom stereocenters. The highest BCUT2D eigenvalue weighted by Gasteiger charge is 2.00. The Morgan fingerprint density at radius 2 is 2.31 bits per heavy atom. The van der Waals surface area contributed by atoms with Gasteiger partial charge in [-0.25, -0.2) is 4.98 Å². The smallest absolute Gasteiger partial charge is 0.108 e. The van der Waals surface area contributed by atoms with Crippen molar-refractivity contribution in [3.05, 3.63) is 18.2 Å². The molecule has 0 saturated heterocycles. The van der Waals surface area contributed by atoms with Crippen LogP contribution in [0.1, 0.15) is 32.0 Å². The van der Waals surface area contributed by atoms with Gasteiger partial charge >= 0.3 is 0 Å². The lowest BCUT2D eigenvalue weighted by atomic mass is 10.2. The number of aromatic nitrogens is 2. The number of rotatable bonds is 6. The van der Waals surface area contributed by atoms with Crippen LogP contribution in [-0.2, 0) is 13.0 Å². The van der Waals surface area contributed by atoms with E-state index >= 15 is 0 Å². The van der Waals surface area contributed by atoms with Gasteiger partial charge in [-0.1, -0.05) is 6.92 Å². The first kappa shape index (κ1) is 10.3. The van der Waals surface area contributed by atoms with Crippen molar-refractivity contribution in [2.45, 2.75) is 39.2 Å². The number of hydrogen-bond donors (Lipinski definition) is 1. The van der Waals surface area contributed by atoms with Crippen LogP contribution in [0.2, 0.25) is 0 Å². The Kier molecular flexibility index (Phi) is 4.54. The Balaban J connectivity index is 2.40. The van der Waals surface area contributed by atoms with Crippen molar-refractivity contribution in [1.82, 2.24) is 9.55 Å². The Bertz CT molecular complexity index is 233. The number of hydrogen-bond acceptors (Lipinski definition) is 2. The molecule has 1 heterocycles. The number of nitrogens with zero attached hydrogens (tertiary/aromatic N) is 2. The third-order valence-electron chi connectivity index (χ3n) is 2.07. The summed E-state index contributed by atoms with van der Waals surface area (Å²) in [6.45, 7) is 3.50. The first-order valence-corrected chi connectivity index (χ1v) is 4.99. The number of imidazole rings is 1. The molecule has 74 valence electrons. The van der Waals surface area contributed by atoms with Crippen LogP contribution in [-0.4, -0.2) is 21.3 Å². The highest BCUT2D eigenvalue weighted by molar-refractivity contribution is 4.92. The summed E-state index contributed by atoms with van der Waals surface area (Å²) < 4.78 is 2.19. The molecule has 1 aromatic heterocycles. The fraction of sp³-hybridized carbons (Fsp3) is 0.700. The van der Waals surface area contributed by atoms with Gasteiger partial charge in [0, 0.05) is 32.0 Å². The lowest BCUT2D eigenvalue weighted by molar-refractivity contribution is 0.284. The summed E-state index contributed by atoms with van der Waals surface area (Å²) in [5.74, 6) is 1.15. The van der Waals surface area contributed by atoms with E-state index in [1.807, 2.05) is 12.4 Å². The molecule has 0 bridgehead atoms. The van der Waals surface area contributed by atoms with Crippen LogP contribution < -0.4 is 0 Å². The normalized spacial score (nSPS) is 10.6. The maximum absolute atomic E-state index is 8.64. The highest BCUT2D eigenvalue weighted by Crippen LogP contribution is 2.04. The molecule has 1 N–H and O–H groups in total. The second-order valence-electron chi connectivity index (χ2n) is 3.22. The summed E-state index contributed by atoms with van der Waals surface area (Å²) in [6.07, 6.45) is 7.90. The van der Waals surface area contributed by atoms with E-state index in [2.05, 4.69) is 16.5 Å². The highest BCUT2D eigenvalue weighted by atomic mass is 16.2. The van der Waals surface area contributed by atoms with E-state index in [1.165, 1.54) is 0 Å². The molecule has 3 heteroatoms. The van der Waals surface area contributed by atoms with E-state index in [4.69, 9.17) is 5.11 Å². The first-order chi connectivity index (χ1) is 6.38. The van der Waals surface area contributed by atoms with Gasteiger partial charge in [0.2, 0.25) is 0 Å². The van der Waals surface area contributed by atoms with Crippen molar-refractivity contribution >= 4 is 0 Å². The number of aliphatic hydroxyl groups is 1. The predicted molar refractivity (Wildman–Crippen MR) is 52.5 cm³/mol. The molecule has 0 aliphatic heterocycles. The van der Waals surface area contributed by atoms with E-state index in [9.17, 15) is 0 Å². The fourth-order valence-corrected chi connectivity index (χ4v) is 1.41. The molecule has 0 fully saturated rings. The molecular weight excluding hydrogens is 164 g/mol. The van der Waals surface area contributed by atoms with Gasteiger partial charge in [0.15, 0.2) is 0 Å². The minimum atomic E-state index is 0.286. The Morgan fingerprint density at radius 1 is 1.46 bits per heavy atom. The summed E-state index contributed by atoms with van der Waals surface area (Å²) in [6, 6.07) is 0. The van der Waals surface area contributed by atoms with Crippen molar-refractivity contribution in [2.24, 2.45) is 0 Å². The molecule has 0 atom stereocenters. The molecule has 0 aliphatic carbocycles. The van der Waals surface area contributed by atoms with Crippen LogP contribution in [0.15, 0.2) is 12.4 Å². The first-order valence-electron chi connectivity index (χ1n) is 4.99. The molecular formula is C10H18N2O. The van der Waals surface area contributed by atoms with Gasteiger partial charge in [-0.05, 0) is 19.3 Å². The second kappa shape index (κ2) is 5.75. The van der Waals surface area contributed by atoms with Crippen molar-refractivity contribution in [1.29, 1.82) is 0 Å². The van der Waals surface area contributed by atoms with Gasteiger partial charge in [-0.3, -0.25) is 0 Å². The van der Waals surface area contributed by atoms with E-state index in [1.54, 1.807) is 0 Å². The van der Waals surface area contributed by atoms with Gasteiger partial charge in [0.1, 0.15) is 5.82 Å². The maximum Gasteiger partial charge on any atom is 0.108 e. The van der Waals surface area contributed by atoms with Gasteiger partial charge < -0.3 is 9.67 Å². The largest absolute Gasteiger partial charge is 0.396 e. The van der Waals surface area contributed by atoms with E-state index in [0.717, 1.165) is 38.1 Å². The standard InChI is InChI=1S/C10H18N2O/c1-2-7-12-8-6-11-10(12)5-3-4-9-13/h6,8,13H,2-5,7,9H2,1H3. The van der Waals surface area contributed by atoms with Crippen molar-refractivity contribution in [3.63, 3.8) is 0 Å². The SMILES string of the molecule is CCCn1ccnc1CCCCO. The Labute approximate surface area is 79.4 Å². The molecule has 0 aromatic carbocycles. The van der Waals surface area contributed by atoms with Gasteiger partial charge in [-0.2, -0.15) is 0 Å². The maximum atomic E-state index is 8.64. The lowest BCUT2D eigenvalue weighted by Gasteiger charge is -2.04. The molecule has 1 aromatic rings. The molecule has 0 radical (unpaired) electrons. The predicted octanol–water partition coefficient (Wildman–Crippen LogP) is 1.61. The van der Waals surface area contributed by atoms with Crippen LogP contribution >= 0.6 is 0 Å². The van der Waals surface area contributed by atoms with E-state index in [0.29, 0.717) is 0 Å². The Morgan fingerprint density at radius 3 is 3.00 bits per heavy atom. The van der Waals surface area contributed by atoms with Crippen LogP contribution in [0.3, 0.4) is 0 Å². The van der Waals surface area contributed by atoms with Crippen molar-refractivity contribution in [2.75, 3.05) is 6.61 Å². The third-order valence-corrected chi connectivity index (χ3v) is 2.07. The van der Waals surface area contributed by atoms with Gasteiger partial charge in [0.05, 0.1) is 0 Å². The molecule has 0 saturated carbocycles. The van der Waals surface area contributed by atoms with Crippen molar-refractivity contribution < 1.29 is 5.11 Å². The summed E-state index contributed by atoms with van der Waals surface area (Å²) >= 11 is 0. The zero-order valence-electron chi connectivity index (χ0n) is 8.24. The van der Waals surface area contributed by atoms with Gasteiger partial charge in [0.25, 0.3) is 0 Å². The Hall–Kier alpha value is -0.830. The number of aryl methyl sites for hydroxylation is 2. The van der Waals surface area contributed by atoms with E-state index < -0.39 is 0 Å². The fourth-order valence-electron chi connectivity index (χ4n) is 1.41. The molecule has 0 amide bonds. The summed E-state index contributed by atoms with van der Waals surface area (Å²) in [5.41, 5.74) is 0. The zero-order valence-corrected chi connectivity index (χ0v) is 8.24. The average molecular weight is 182 g/mol. The summed E-state index contributed by atoms with van der Waals surface area (Å²) in [5, 5.41) is 8.64. The van der Waals surface area contributed by atoms with Crippen LogP contribution in [0.25, 0.3) is 0 Å². The minimum Gasteiger partial charge on any atom is -0.396 e. The molecule has 3 nitrogen and oxygen atoms in total. The van der Waals surface area contributed by atoms with Gasteiger partial charge in [-0.15, -0.1) is 0 Å². The van der Waals surface area contributed by atoms with Crippen molar-refractivity contribution in [3.8, 4) is 0 Å². The second-order valence-corrected chi connectivity index (χ2v) is 3.22. The van der Waals surface area contributed by atoms with Crippen LogP contribution in [0.4, 0.5) is 0 Å². The van der Waals surface area contributed by atoms with Crippen LogP contribution in [0.5, 0.6) is 0 Å². The minimum absolute atomic E-state index is 0.286. The molecule has 13 heavy (non-hydrogen) atoms. The van der Waals surface area contributed by atoms with E-state index in [-0.39, 0.29) is 6.61 Å². The number of unbranched alkanes of at least 4 members (excludes halogenated alkanes) is 1. The monoisotopic (exact) mass is 182 g/mol. The molecule has 0 spiro atoms. The summed E-state index contributed by atoms with van der Waals surface area (Å²) in [4.78, 5) is 4.29. The lowest BCUT2D eigenvalue weighted by Crippen LogP contribution is -2.02. The third kappa shape index (κ3) is 3.19.